The maximum atomic E-state index is 5.49. The normalized spacial score (nSPS) is 15.2. The molecule has 1 aromatic heterocycles. The molecule has 170 valence electrons. The van der Waals surface area contributed by atoms with Crippen molar-refractivity contribution in [1.29, 1.82) is 0 Å². The zero-order valence-corrected chi connectivity index (χ0v) is 20.9. The summed E-state index contributed by atoms with van der Waals surface area (Å²) in [5.74, 6) is 1.61. The van der Waals surface area contributed by atoms with Gasteiger partial charge in [0.25, 0.3) is 0 Å². The van der Waals surface area contributed by atoms with Crippen molar-refractivity contribution < 1.29 is 4.52 Å². The molecule has 0 atom stereocenters. The molecule has 32 heavy (non-hydrogen) atoms. The van der Waals surface area contributed by atoms with Crippen LogP contribution in [-0.2, 0) is 13.1 Å². The van der Waals surface area contributed by atoms with E-state index in [0.29, 0.717) is 12.6 Å². The topological polar surface area (TPSA) is 65.7 Å². The van der Waals surface area contributed by atoms with Crippen LogP contribution in [0, 0.1) is 0 Å². The van der Waals surface area contributed by atoms with Crippen molar-refractivity contribution >= 4 is 29.9 Å². The van der Waals surface area contributed by atoms with Gasteiger partial charge < -0.3 is 15.2 Å². The minimum absolute atomic E-state index is 0. The summed E-state index contributed by atoms with van der Waals surface area (Å²) in [5, 5.41) is 11.1. The number of aliphatic imine (C=N–C) groups is 1. The van der Waals surface area contributed by atoms with Crippen molar-refractivity contribution in [2.45, 2.75) is 38.9 Å². The highest BCUT2D eigenvalue weighted by Crippen LogP contribution is 2.20. The summed E-state index contributed by atoms with van der Waals surface area (Å²) in [5.41, 5.74) is 3.23. The summed E-state index contributed by atoms with van der Waals surface area (Å²) in [6, 6.07) is 23.1. The Morgan fingerprint density at radius 1 is 1.06 bits per heavy atom. The molecule has 1 fully saturated rings. The van der Waals surface area contributed by atoms with Gasteiger partial charge in [-0.3, -0.25) is 4.90 Å². The number of rotatable bonds is 7. The zero-order chi connectivity index (χ0) is 21.3. The lowest BCUT2D eigenvalue weighted by Gasteiger charge is -2.33. The molecule has 2 aromatic carbocycles. The third-order valence-corrected chi connectivity index (χ3v) is 5.54. The van der Waals surface area contributed by atoms with Crippen LogP contribution in [0.4, 0.5) is 0 Å². The number of nitrogens with one attached hydrogen (secondary N) is 2. The van der Waals surface area contributed by atoms with E-state index in [9.17, 15) is 0 Å². The SMILES string of the molecule is CCNC(=NCc1cc(-c2ccccc2)on1)NC1CCN(Cc2ccccc2)CC1.I. The van der Waals surface area contributed by atoms with Gasteiger partial charge in [-0.15, -0.1) is 24.0 Å². The second-order valence-corrected chi connectivity index (χ2v) is 7.92. The molecule has 1 aliphatic heterocycles. The smallest absolute Gasteiger partial charge is 0.191 e. The Bertz CT molecular complexity index is 953. The van der Waals surface area contributed by atoms with Crippen LogP contribution >= 0.6 is 24.0 Å². The van der Waals surface area contributed by atoms with Crippen LogP contribution in [-0.4, -0.2) is 41.7 Å². The number of hydrogen-bond donors (Lipinski definition) is 2. The fourth-order valence-electron chi connectivity index (χ4n) is 3.88. The summed E-state index contributed by atoms with van der Waals surface area (Å²) in [4.78, 5) is 7.26. The second kappa shape index (κ2) is 12.6. The zero-order valence-electron chi connectivity index (χ0n) is 18.5. The molecule has 6 nitrogen and oxygen atoms in total. The first-order valence-electron chi connectivity index (χ1n) is 11.1. The third-order valence-electron chi connectivity index (χ3n) is 5.54. The van der Waals surface area contributed by atoms with Gasteiger partial charge >= 0.3 is 0 Å². The Kier molecular flexibility index (Phi) is 9.55. The number of guanidine groups is 1. The average molecular weight is 545 g/mol. The van der Waals surface area contributed by atoms with Crippen LogP contribution in [0.1, 0.15) is 31.0 Å². The molecule has 0 saturated carbocycles. The van der Waals surface area contributed by atoms with Crippen LogP contribution in [0.2, 0.25) is 0 Å². The number of hydrogen-bond acceptors (Lipinski definition) is 4. The molecule has 1 saturated heterocycles. The first kappa shape index (κ1) is 24.3. The molecule has 0 radical (unpaired) electrons. The van der Waals surface area contributed by atoms with Gasteiger partial charge in [0.05, 0.1) is 6.54 Å². The highest BCUT2D eigenvalue weighted by Gasteiger charge is 2.20. The molecule has 0 amide bonds. The van der Waals surface area contributed by atoms with Gasteiger partial charge in [0.15, 0.2) is 11.7 Å². The predicted octanol–water partition coefficient (Wildman–Crippen LogP) is 4.68. The number of halogens is 1. The van der Waals surface area contributed by atoms with Gasteiger partial charge in [0.2, 0.25) is 0 Å². The fourth-order valence-corrected chi connectivity index (χ4v) is 3.88. The molecule has 0 spiro atoms. The number of likely N-dealkylation sites (tertiary alicyclic amines) is 1. The van der Waals surface area contributed by atoms with Gasteiger partial charge in [0, 0.05) is 43.9 Å². The molecule has 4 rings (SSSR count). The van der Waals surface area contributed by atoms with E-state index in [1.807, 2.05) is 36.4 Å². The van der Waals surface area contributed by atoms with Crippen molar-refractivity contribution in [2.75, 3.05) is 19.6 Å². The van der Waals surface area contributed by atoms with Crippen molar-refractivity contribution in [2.24, 2.45) is 4.99 Å². The van der Waals surface area contributed by atoms with Gasteiger partial charge in [-0.25, -0.2) is 4.99 Å². The van der Waals surface area contributed by atoms with E-state index < -0.39 is 0 Å². The third kappa shape index (κ3) is 7.06. The maximum Gasteiger partial charge on any atom is 0.191 e. The first-order valence-corrected chi connectivity index (χ1v) is 11.1. The predicted molar refractivity (Wildman–Crippen MR) is 140 cm³/mol. The highest BCUT2D eigenvalue weighted by molar-refractivity contribution is 14.0. The maximum absolute atomic E-state index is 5.49. The Labute approximate surface area is 207 Å². The molecular formula is C25H32IN5O. The Hall–Kier alpha value is -2.39. The van der Waals surface area contributed by atoms with Crippen LogP contribution in [0.5, 0.6) is 0 Å². The molecular weight excluding hydrogens is 513 g/mol. The van der Waals surface area contributed by atoms with Crippen LogP contribution < -0.4 is 10.6 Å². The van der Waals surface area contributed by atoms with E-state index in [-0.39, 0.29) is 24.0 Å². The molecule has 1 aliphatic rings. The summed E-state index contributed by atoms with van der Waals surface area (Å²) in [6.07, 6.45) is 2.22. The van der Waals surface area contributed by atoms with Gasteiger partial charge in [-0.1, -0.05) is 65.8 Å². The largest absolute Gasteiger partial charge is 0.357 e. The van der Waals surface area contributed by atoms with Gasteiger partial charge in [0.1, 0.15) is 5.69 Å². The van der Waals surface area contributed by atoms with E-state index in [4.69, 9.17) is 9.52 Å². The Morgan fingerprint density at radius 2 is 1.75 bits per heavy atom. The van der Waals surface area contributed by atoms with Crippen molar-refractivity contribution in [3.63, 3.8) is 0 Å². The average Bonchev–Trinajstić information content (AvgIpc) is 3.29. The molecule has 3 aromatic rings. The summed E-state index contributed by atoms with van der Waals surface area (Å²) in [6.45, 7) is 6.61. The highest BCUT2D eigenvalue weighted by atomic mass is 127. The van der Waals surface area contributed by atoms with Crippen LogP contribution in [0.3, 0.4) is 0 Å². The molecule has 2 N–H and O–H groups in total. The summed E-state index contributed by atoms with van der Waals surface area (Å²) in [7, 11) is 0. The lowest BCUT2D eigenvalue weighted by atomic mass is 10.0. The summed E-state index contributed by atoms with van der Waals surface area (Å²) < 4.78 is 5.49. The van der Waals surface area contributed by atoms with Crippen molar-refractivity contribution in [3.8, 4) is 11.3 Å². The van der Waals surface area contributed by atoms with Crippen molar-refractivity contribution in [3.05, 3.63) is 78.0 Å². The van der Waals surface area contributed by atoms with Crippen molar-refractivity contribution in [1.82, 2.24) is 20.7 Å². The number of benzene rings is 2. The van der Waals surface area contributed by atoms with Crippen LogP contribution in [0.15, 0.2) is 76.2 Å². The number of aromatic nitrogens is 1. The molecule has 2 heterocycles. The van der Waals surface area contributed by atoms with E-state index in [1.54, 1.807) is 0 Å². The van der Waals surface area contributed by atoms with E-state index in [1.165, 1.54) is 5.56 Å². The van der Waals surface area contributed by atoms with E-state index in [2.05, 4.69) is 57.9 Å². The number of nitrogens with zero attached hydrogens (tertiary/aromatic N) is 3. The molecule has 0 unspecified atom stereocenters. The lowest BCUT2D eigenvalue weighted by Crippen LogP contribution is -2.48. The van der Waals surface area contributed by atoms with Gasteiger partial charge in [-0.05, 0) is 25.3 Å². The molecule has 0 aliphatic carbocycles. The molecule has 7 heteroatoms. The second-order valence-electron chi connectivity index (χ2n) is 7.92. The fraction of sp³-hybridized carbons (Fsp3) is 0.360. The summed E-state index contributed by atoms with van der Waals surface area (Å²) >= 11 is 0. The molecule has 0 bridgehead atoms. The first-order chi connectivity index (χ1) is 15.3. The van der Waals surface area contributed by atoms with Crippen LogP contribution in [0.25, 0.3) is 11.3 Å². The van der Waals surface area contributed by atoms with E-state index in [0.717, 1.165) is 62.0 Å². The minimum atomic E-state index is 0. The quantitative estimate of drug-likeness (QED) is 0.257. The lowest BCUT2D eigenvalue weighted by molar-refractivity contribution is 0.198. The van der Waals surface area contributed by atoms with Gasteiger partial charge in [-0.2, -0.15) is 0 Å². The minimum Gasteiger partial charge on any atom is -0.357 e. The number of piperidine rings is 1. The van der Waals surface area contributed by atoms with E-state index >= 15 is 0 Å². The monoisotopic (exact) mass is 545 g/mol. The Balaban J connectivity index is 0.00000289. The standard InChI is InChI=1S/C25H31N5O.HI/c1-2-26-25(27-18-23-17-24(31-29-23)21-11-7-4-8-12-21)28-22-13-15-30(16-14-22)19-20-9-5-3-6-10-20;/h3-12,17,22H,2,13-16,18-19H2,1H3,(H2,26,27,28);1H. The Morgan fingerprint density at radius 3 is 2.44 bits per heavy atom.